The summed E-state index contributed by atoms with van der Waals surface area (Å²) in [5, 5.41) is 0.680. The van der Waals surface area contributed by atoms with Gasteiger partial charge in [0.1, 0.15) is 11.5 Å². The minimum Gasteiger partial charge on any atom is -0.446 e. The molecule has 2 aromatic carbocycles. The molecule has 0 heterocycles. The lowest BCUT2D eigenvalue weighted by Crippen LogP contribution is -2.10. The van der Waals surface area contributed by atoms with E-state index in [0.29, 0.717) is 17.1 Å². The molecular formula is C14H12ClO2. The van der Waals surface area contributed by atoms with E-state index in [9.17, 15) is 0 Å². The molecule has 87 valence electrons. The summed E-state index contributed by atoms with van der Waals surface area (Å²) >= 11 is 5.78. The summed E-state index contributed by atoms with van der Waals surface area (Å²) in [6.45, 7) is 1.77. The highest BCUT2D eigenvalue weighted by molar-refractivity contribution is 6.30. The van der Waals surface area contributed by atoms with E-state index in [0.717, 1.165) is 5.75 Å². The first-order valence-corrected chi connectivity index (χ1v) is 5.62. The minimum atomic E-state index is 0.471. The minimum absolute atomic E-state index is 0.471. The average molecular weight is 248 g/mol. The third kappa shape index (κ3) is 3.68. The second kappa shape index (κ2) is 5.60. The number of para-hydroxylation sites is 1. The molecule has 0 aliphatic rings. The van der Waals surface area contributed by atoms with Crippen LogP contribution in [0.2, 0.25) is 5.02 Å². The van der Waals surface area contributed by atoms with Crippen molar-refractivity contribution in [2.75, 3.05) is 0 Å². The molecule has 0 amide bonds. The molecule has 0 fully saturated rings. The third-order valence-corrected chi connectivity index (χ3v) is 2.33. The molecule has 0 saturated carbocycles. The molecule has 0 bridgehead atoms. The molecule has 0 unspecified atom stereocenters. The van der Waals surface area contributed by atoms with Crippen molar-refractivity contribution in [3.63, 3.8) is 0 Å². The van der Waals surface area contributed by atoms with E-state index in [2.05, 4.69) is 0 Å². The van der Waals surface area contributed by atoms with E-state index in [4.69, 9.17) is 21.1 Å². The fraction of sp³-hybridized carbons (Fsp3) is 0.0714. The summed E-state index contributed by atoms with van der Waals surface area (Å²) < 4.78 is 11.0. The SMILES string of the molecule is C[C](Oc1ccccc1)Oc1ccc(Cl)cc1. The van der Waals surface area contributed by atoms with Gasteiger partial charge in [-0.15, -0.1) is 0 Å². The van der Waals surface area contributed by atoms with Crippen molar-refractivity contribution in [2.24, 2.45) is 0 Å². The average Bonchev–Trinajstić information content (AvgIpc) is 2.33. The van der Waals surface area contributed by atoms with Gasteiger partial charge in [-0.25, -0.2) is 0 Å². The largest absolute Gasteiger partial charge is 0.446 e. The Morgan fingerprint density at radius 1 is 0.824 bits per heavy atom. The van der Waals surface area contributed by atoms with E-state index >= 15 is 0 Å². The maximum absolute atomic E-state index is 5.78. The van der Waals surface area contributed by atoms with Crippen molar-refractivity contribution in [3.8, 4) is 11.5 Å². The first kappa shape index (κ1) is 11.8. The number of halogens is 1. The fourth-order valence-electron chi connectivity index (χ4n) is 1.34. The smallest absolute Gasteiger partial charge is 0.326 e. The van der Waals surface area contributed by atoms with Crippen LogP contribution in [-0.4, -0.2) is 0 Å². The summed E-state index contributed by atoms with van der Waals surface area (Å²) in [5.41, 5.74) is 0. The Hall–Kier alpha value is -1.67. The van der Waals surface area contributed by atoms with E-state index < -0.39 is 0 Å². The third-order valence-electron chi connectivity index (χ3n) is 2.08. The molecule has 0 aliphatic carbocycles. The van der Waals surface area contributed by atoms with Gasteiger partial charge < -0.3 is 9.47 Å². The Morgan fingerprint density at radius 2 is 1.35 bits per heavy atom. The van der Waals surface area contributed by atoms with Crippen molar-refractivity contribution in [1.82, 2.24) is 0 Å². The Bertz CT molecular complexity index is 453. The highest BCUT2D eigenvalue weighted by Crippen LogP contribution is 2.21. The zero-order chi connectivity index (χ0) is 12.1. The summed E-state index contributed by atoms with van der Waals surface area (Å²) in [6.07, 6.45) is 0.471. The van der Waals surface area contributed by atoms with Crippen molar-refractivity contribution in [1.29, 1.82) is 0 Å². The number of hydrogen-bond acceptors (Lipinski definition) is 2. The quantitative estimate of drug-likeness (QED) is 0.802. The lowest BCUT2D eigenvalue weighted by Gasteiger charge is -2.14. The van der Waals surface area contributed by atoms with Crippen molar-refractivity contribution in [2.45, 2.75) is 6.92 Å². The molecule has 17 heavy (non-hydrogen) atoms. The molecule has 3 heteroatoms. The predicted octanol–water partition coefficient (Wildman–Crippen LogP) is 4.31. The zero-order valence-electron chi connectivity index (χ0n) is 9.39. The van der Waals surface area contributed by atoms with Gasteiger partial charge in [0.2, 0.25) is 0 Å². The fourth-order valence-corrected chi connectivity index (χ4v) is 1.47. The molecule has 0 spiro atoms. The Balaban J connectivity index is 1.93. The van der Waals surface area contributed by atoms with Gasteiger partial charge in [0.05, 0.1) is 0 Å². The van der Waals surface area contributed by atoms with Crippen LogP contribution in [0.25, 0.3) is 0 Å². The van der Waals surface area contributed by atoms with Crippen molar-refractivity contribution < 1.29 is 9.47 Å². The number of rotatable bonds is 4. The Morgan fingerprint density at radius 3 is 1.94 bits per heavy atom. The highest BCUT2D eigenvalue weighted by Gasteiger charge is 2.07. The first-order chi connectivity index (χ1) is 8.24. The summed E-state index contributed by atoms with van der Waals surface area (Å²) in [5.74, 6) is 1.45. The van der Waals surface area contributed by atoms with Crippen LogP contribution in [0.1, 0.15) is 6.92 Å². The summed E-state index contributed by atoms with van der Waals surface area (Å²) in [4.78, 5) is 0. The van der Waals surface area contributed by atoms with E-state index in [1.807, 2.05) is 30.3 Å². The lowest BCUT2D eigenvalue weighted by molar-refractivity contribution is 0.134. The first-order valence-electron chi connectivity index (χ1n) is 5.24. The molecular weight excluding hydrogens is 236 g/mol. The van der Waals surface area contributed by atoms with Crippen LogP contribution >= 0.6 is 11.6 Å². The molecule has 0 N–H and O–H groups in total. The number of hydrogen-bond donors (Lipinski definition) is 0. The molecule has 0 saturated heterocycles. The number of benzene rings is 2. The second-order valence-corrected chi connectivity index (χ2v) is 3.90. The van der Waals surface area contributed by atoms with Gasteiger partial charge in [-0.3, -0.25) is 0 Å². The van der Waals surface area contributed by atoms with Crippen LogP contribution < -0.4 is 9.47 Å². The van der Waals surface area contributed by atoms with E-state index in [-0.39, 0.29) is 0 Å². The highest BCUT2D eigenvalue weighted by atomic mass is 35.5. The van der Waals surface area contributed by atoms with Crippen LogP contribution in [0.4, 0.5) is 0 Å². The summed E-state index contributed by atoms with van der Waals surface area (Å²) in [7, 11) is 0. The molecule has 2 nitrogen and oxygen atoms in total. The number of ether oxygens (including phenoxy) is 2. The van der Waals surface area contributed by atoms with Gasteiger partial charge >= 0.3 is 6.29 Å². The van der Waals surface area contributed by atoms with Crippen molar-refractivity contribution >= 4 is 11.6 Å². The zero-order valence-corrected chi connectivity index (χ0v) is 10.1. The molecule has 1 radical (unpaired) electrons. The molecule has 2 aromatic rings. The van der Waals surface area contributed by atoms with Gasteiger partial charge in [0.25, 0.3) is 0 Å². The van der Waals surface area contributed by atoms with Crippen LogP contribution in [0.15, 0.2) is 54.6 Å². The van der Waals surface area contributed by atoms with Crippen LogP contribution in [-0.2, 0) is 0 Å². The second-order valence-electron chi connectivity index (χ2n) is 3.46. The van der Waals surface area contributed by atoms with Gasteiger partial charge in [0, 0.05) is 11.9 Å². The van der Waals surface area contributed by atoms with Gasteiger partial charge in [-0.2, -0.15) is 0 Å². The molecule has 0 aromatic heterocycles. The maximum Gasteiger partial charge on any atom is 0.326 e. The monoisotopic (exact) mass is 247 g/mol. The van der Waals surface area contributed by atoms with E-state index in [1.54, 1.807) is 31.2 Å². The van der Waals surface area contributed by atoms with Crippen LogP contribution in [0.3, 0.4) is 0 Å². The van der Waals surface area contributed by atoms with Gasteiger partial charge in [0.15, 0.2) is 0 Å². The lowest BCUT2D eigenvalue weighted by atomic mass is 10.3. The molecule has 2 rings (SSSR count). The topological polar surface area (TPSA) is 18.5 Å². The molecule has 0 aliphatic heterocycles. The van der Waals surface area contributed by atoms with E-state index in [1.165, 1.54) is 0 Å². The summed E-state index contributed by atoms with van der Waals surface area (Å²) in [6, 6.07) is 16.6. The van der Waals surface area contributed by atoms with Gasteiger partial charge in [-0.1, -0.05) is 29.8 Å². The molecule has 0 atom stereocenters. The van der Waals surface area contributed by atoms with Crippen LogP contribution in [0, 0.1) is 6.29 Å². The normalized spacial score (nSPS) is 10.3. The van der Waals surface area contributed by atoms with Crippen molar-refractivity contribution in [3.05, 3.63) is 65.9 Å². The maximum atomic E-state index is 5.78. The standard InChI is InChI=1S/C14H12ClO2/c1-11(16-13-5-3-2-4-6-13)17-14-9-7-12(15)8-10-14/h2-10H,1H3. The van der Waals surface area contributed by atoms with Crippen LogP contribution in [0.5, 0.6) is 11.5 Å². The Labute approximate surface area is 106 Å². The van der Waals surface area contributed by atoms with Gasteiger partial charge in [-0.05, 0) is 36.4 Å². The predicted molar refractivity (Wildman–Crippen MR) is 68.1 cm³/mol. The Kier molecular flexibility index (Phi) is 3.89.